The monoisotopic (exact) mass is 298 g/mol. The molecule has 1 aromatic carbocycles. The predicted molar refractivity (Wildman–Crippen MR) is 76.7 cm³/mol. The zero-order chi connectivity index (χ0) is 10.4. The van der Waals surface area contributed by atoms with Gasteiger partial charge in [-0.25, -0.2) is 0 Å². The van der Waals surface area contributed by atoms with Gasteiger partial charge < -0.3 is 21.7 Å². The Hall–Kier alpha value is -0.350. The smallest absolute Gasteiger partial charge is 0.296 e. The van der Waals surface area contributed by atoms with Crippen LogP contribution in [0.1, 0.15) is 5.56 Å². The number of hydrogen-bond donors (Lipinski definition) is 1. The van der Waals surface area contributed by atoms with Crippen LogP contribution in [0.5, 0.6) is 0 Å². The third-order valence-electron chi connectivity index (χ3n) is 2.46. The number of ketones is 1. The van der Waals surface area contributed by atoms with Gasteiger partial charge in [0.1, 0.15) is 0 Å². The summed E-state index contributed by atoms with van der Waals surface area (Å²) >= 11 is 0. The number of benzene rings is 1. The Morgan fingerprint density at radius 3 is 2.30 bits per heavy atom. The Bertz CT molecular complexity index is 658. The molecule has 2 aliphatic heterocycles. The SMILES string of the molecule is O.O.O.O=C1C=c2ccc3c(c2NC1=O)C=CN=3.[Na].[Na]. The van der Waals surface area contributed by atoms with Crippen LogP contribution in [0.2, 0.25) is 0 Å². The van der Waals surface area contributed by atoms with E-state index in [0.29, 0.717) is 5.69 Å². The number of hydrogen-bond acceptors (Lipinski definition) is 3. The van der Waals surface area contributed by atoms with Gasteiger partial charge in [0.2, 0.25) is 5.78 Å². The maximum Gasteiger partial charge on any atom is 0.296 e. The van der Waals surface area contributed by atoms with Crippen LogP contribution in [0.25, 0.3) is 12.2 Å². The van der Waals surface area contributed by atoms with Gasteiger partial charge in [0, 0.05) is 82.2 Å². The van der Waals surface area contributed by atoms with E-state index >= 15 is 0 Å². The first-order valence-electron chi connectivity index (χ1n) is 4.50. The van der Waals surface area contributed by atoms with Crippen molar-refractivity contribution in [2.75, 3.05) is 5.32 Å². The first-order chi connectivity index (χ1) is 7.25. The topological polar surface area (TPSA) is 153 Å². The van der Waals surface area contributed by atoms with Gasteiger partial charge in [-0.3, -0.25) is 14.6 Å². The van der Waals surface area contributed by atoms with E-state index in [1.165, 1.54) is 6.08 Å². The van der Waals surface area contributed by atoms with Gasteiger partial charge in [0.05, 0.1) is 11.0 Å². The number of amides is 1. The van der Waals surface area contributed by atoms with Crippen LogP contribution in [0.15, 0.2) is 23.3 Å². The van der Waals surface area contributed by atoms with Crippen molar-refractivity contribution < 1.29 is 26.0 Å². The first-order valence-corrected chi connectivity index (χ1v) is 4.50. The van der Waals surface area contributed by atoms with Crippen LogP contribution < -0.4 is 15.9 Å². The van der Waals surface area contributed by atoms with Gasteiger partial charge in [0.15, 0.2) is 0 Å². The zero-order valence-corrected chi connectivity index (χ0v) is 15.2. The summed E-state index contributed by atoms with van der Waals surface area (Å²) in [4.78, 5) is 26.5. The molecule has 0 aromatic heterocycles. The van der Waals surface area contributed by atoms with Crippen molar-refractivity contribution in [3.05, 3.63) is 34.5 Å². The van der Waals surface area contributed by atoms with Gasteiger partial charge in [-0.15, -0.1) is 0 Å². The molecule has 2 radical (unpaired) electrons. The van der Waals surface area contributed by atoms with Gasteiger partial charge in [-0.2, -0.15) is 0 Å². The predicted octanol–water partition coefficient (Wildman–Crippen LogP) is -3.64. The molecule has 0 unspecified atom stereocenters. The zero-order valence-electron chi connectivity index (χ0n) is 11.2. The molecule has 7 N–H and O–H groups in total. The fourth-order valence-electron chi connectivity index (χ4n) is 1.74. The molecule has 2 heterocycles. The molecule has 0 fully saturated rings. The number of carbonyl (C=O) groups is 2. The fourth-order valence-corrected chi connectivity index (χ4v) is 1.74. The van der Waals surface area contributed by atoms with Crippen molar-refractivity contribution in [1.29, 1.82) is 0 Å². The second-order valence-corrected chi connectivity index (χ2v) is 3.37. The quantitative estimate of drug-likeness (QED) is 0.388. The molecule has 1 amide bonds. The van der Waals surface area contributed by atoms with Crippen LogP contribution in [0, 0.1) is 0 Å². The van der Waals surface area contributed by atoms with E-state index in [-0.39, 0.29) is 75.5 Å². The minimum absolute atomic E-state index is 0. The van der Waals surface area contributed by atoms with Crippen LogP contribution >= 0.6 is 0 Å². The maximum absolute atomic E-state index is 11.2. The molecular formula is C11H12N2Na2O5. The average molecular weight is 298 g/mol. The van der Waals surface area contributed by atoms with Crippen molar-refractivity contribution in [2.24, 2.45) is 4.99 Å². The molecule has 3 rings (SSSR count). The molecule has 20 heavy (non-hydrogen) atoms. The third-order valence-corrected chi connectivity index (χ3v) is 2.46. The van der Waals surface area contributed by atoms with Crippen molar-refractivity contribution in [3.8, 4) is 0 Å². The normalized spacial score (nSPS) is 12.2. The molecule has 0 aliphatic carbocycles. The van der Waals surface area contributed by atoms with Crippen molar-refractivity contribution in [1.82, 2.24) is 0 Å². The molecule has 0 saturated heterocycles. The summed E-state index contributed by atoms with van der Waals surface area (Å²) in [6.45, 7) is 0. The van der Waals surface area contributed by atoms with Crippen LogP contribution in [0.4, 0.5) is 5.69 Å². The van der Waals surface area contributed by atoms with E-state index in [9.17, 15) is 9.59 Å². The summed E-state index contributed by atoms with van der Waals surface area (Å²) in [7, 11) is 0. The maximum atomic E-state index is 11.2. The number of rotatable bonds is 0. The summed E-state index contributed by atoms with van der Waals surface area (Å²) < 4.78 is 0. The van der Waals surface area contributed by atoms with Crippen LogP contribution in [0.3, 0.4) is 0 Å². The Morgan fingerprint density at radius 1 is 1.00 bits per heavy atom. The molecule has 0 saturated carbocycles. The van der Waals surface area contributed by atoms with E-state index in [1.54, 1.807) is 12.3 Å². The Kier molecular flexibility index (Phi) is 11.8. The van der Waals surface area contributed by atoms with Gasteiger partial charge in [-0.05, 0) is 12.1 Å². The average Bonchev–Trinajstić information content (AvgIpc) is 2.68. The molecule has 9 heteroatoms. The molecule has 98 valence electrons. The Labute approximate surface area is 158 Å². The summed E-state index contributed by atoms with van der Waals surface area (Å²) in [6.07, 6.45) is 4.84. The van der Waals surface area contributed by atoms with Crippen LogP contribution in [-0.4, -0.2) is 87.2 Å². The largest absolute Gasteiger partial charge is 0.412 e. The van der Waals surface area contributed by atoms with E-state index in [4.69, 9.17) is 0 Å². The minimum Gasteiger partial charge on any atom is -0.412 e. The Morgan fingerprint density at radius 2 is 1.65 bits per heavy atom. The summed E-state index contributed by atoms with van der Waals surface area (Å²) in [5.41, 5.74) is 1.54. The Balaban J connectivity index is -0.000000578. The fraction of sp³-hybridized carbons (Fsp3) is 0. The van der Waals surface area contributed by atoms with E-state index < -0.39 is 11.7 Å². The molecule has 0 bridgehead atoms. The molecule has 2 aliphatic rings. The molecular weight excluding hydrogens is 286 g/mol. The van der Waals surface area contributed by atoms with E-state index in [1.807, 2.05) is 12.1 Å². The van der Waals surface area contributed by atoms with Gasteiger partial charge in [-0.1, -0.05) is 6.07 Å². The molecule has 0 spiro atoms. The second kappa shape index (κ2) is 9.56. The third kappa shape index (κ3) is 4.08. The summed E-state index contributed by atoms with van der Waals surface area (Å²) in [5.74, 6) is -1.10. The molecule has 1 aromatic rings. The van der Waals surface area contributed by atoms with E-state index in [2.05, 4.69) is 10.3 Å². The number of nitrogens with zero attached hydrogens (tertiary/aromatic N) is 1. The number of fused-ring (bicyclic) bond motifs is 3. The number of nitrogens with one attached hydrogen (secondary N) is 1. The molecule has 0 atom stereocenters. The molecule has 7 nitrogen and oxygen atoms in total. The van der Waals surface area contributed by atoms with Crippen molar-refractivity contribution in [3.63, 3.8) is 0 Å². The summed E-state index contributed by atoms with van der Waals surface area (Å²) in [5, 5.41) is 4.13. The summed E-state index contributed by atoms with van der Waals surface area (Å²) in [6, 6.07) is 3.61. The van der Waals surface area contributed by atoms with E-state index in [0.717, 1.165) is 16.1 Å². The van der Waals surface area contributed by atoms with Crippen molar-refractivity contribution >= 4 is 88.6 Å². The minimum atomic E-state index is -0.587. The second-order valence-electron chi connectivity index (χ2n) is 3.37. The van der Waals surface area contributed by atoms with Gasteiger partial charge >= 0.3 is 0 Å². The van der Waals surface area contributed by atoms with Gasteiger partial charge in [0.25, 0.3) is 5.91 Å². The number of Topliss-reactive ketones (excluding diaryl/α,β-unsaturated/α-hetero) is 1. The first kappa shape index (κ1) is 24.7. The van der Waals surface area contributed by atoms with Crippen molar-refractivity contribution in [2.45, 2.75) is 0 Å². The van der Waals surface area contributed by atoms with Crippen LogP contribution in [-0.2, 0) is 9.59 Å². The number of anilines is 1. The number of carbonyl (C=O) groups excluding carboxylic acids is 2. The standard InChI is InChI=1S/C11H6N2O2.2Na.3H2O/c14-9-5-6-1-2-8-7(3-4-12-8)10(6)13-11(9)15;;;;;/h1-5H,(H,13,15);;;3*1H2.